The molecule has 1 aromatic carbocycles. The second-order valence-corrected chi connectivity index (χ2v) is 5.96. The number of amidine groups is 1. The van der Waals surface area contributed by atoms with Gasteiger partial charge in [-0.05, 0) is 24.4 Å². The van der Waals surface area contributed by atoms with Crippen molar-refractivity contribution in [1.82, 2.24) is 5.32 Å². The Balaban J connectivity index is 2.10. The van der Waals surface area contributed by atoms with Gasteiger partial charge < -0.3 is 16.3 Å². The lowest BCUT2D eigenvalue weighted by molar-refractivity contribution is 0.318. The standard InChI is InChI=1S/C17H29N3O/c1-14(2)7-5-3-4-6-12-19-13-15-8-10-16(11-9-15)17(18)20-21/h8-11,14,19,21H,3-7,12-13H2,1-2H3,(H2,18,20). The summed E-state index contributed by atoms with van der Waals surface area (Å²) in [7, 11) is 0. The Labute approximate surface area is 128 Å². The molecular formula is C17H29N3O. The van der Waals surface area contributed by atoms with E-state index in [1.807, 2.05) is 24.3 Å². The molecule has 0 aliphatic rings. The van der Waals surface area contributed by atoms with Gasteiger partial charge in [-0.1, -0.05) is 69.0 Å². The lowest BCUT2D eigenvalue weighted by Gasteiger charge is -2.07. The van der Waals surface area contributed by atoms with Gasteiger partial charge in [0.05, 0.1) is 0 Å². The third-order valence-corrected chi connectivity index (χ3v) is 3.57. The molecule has 0 atom stereocenters. The molecule has 4 nitrogen and oxygen atoms in total. The van der Waals surface area contributed by atoms with Gasteiger partial charge >= 0.3 is 0 Å². The zero-order valence-corrected chi connectivity index (χ0v) is 13.3. The maximum Gasteiger partial charge on any atom is 0.170 e. The summed E-state index contributed by atoms with van der Waals surface area (Å²) in [5, 5.41) is 15.0. The van der Waals surface area contributed by atoms with E-state index in [4.69, 9.17) is 10.9 Å². The lowest BCUT2D eigenvalue weighted by Crippen LogP contribution is -2.15. The van der Waals surface area contributed by atoms with Crippen molar-refractivity contribution in [3.63, 3.8) is 0 Å². The fraction of sp³-hybridized carbons (Fsp3) is 0.588. The van der Waals surface area contributed by atoms with Crippen LogP contribution in [0.3, 0.4) is 0 Å². The van der Waals surface area contributed by atoms with E-state index >= 15 is 0 Å². The van der Waals surface area contributed by atoms with E-state index in [-0.39, 0.29) is 5.84 Å². The third-order valence-electron chi connectivity index (χ3n) is 3.57. The first-order valence-electron chi connectivity index (χ1n) is 7.91. The number of nitrogens with one attached hydrogen (secondary N) is 1. The van der Waals surface area contributed by atoms with Crippen molar-refractivity contribution < 1.29 is 5.21 Å². The average Bonchev–Trinajstić information content (AvgIpc) is 2.49. The molecule has 4 heteroatoms. The molecule has 1 aromatic rings. The van der Waals surface area contributed by atoms with Gasteiger partial charge in [-0.3, -0.25) is 0 Å². The number of hydrogen-bond acceptors (Lipinski definition) is 3. The first kappa shape index (κ1) is 17.5. The predicted molar refractivity (Wildman–Crippen MR) is 88.6 cm³/mol. The fourth-order valence-corrected chi connectivity index (χ4v) is 2.24. The molecule has 4 N–H and O–H groups in total. The average molecular weight is 291 g/mol. The van der Waals surface area contributed by atoms with E-state index in [1.165, 1.54) is 37.7 Å². The third kappa shape index (κ3) is 7.71. The molecule has 0 spiro atoms. The fourth-order valence-electron chi connectivity index (χ4n) is 2.24. The summed E-state index contributed by atoms with van der Waals surface area (Å²) in [4.78, 5) is 0. The van der Waals surface area contributed by atoms with Gasteiger partial charge in [-0.25, -0.2) is 0 Å². The van der Waals surface area contributed by atoms with Crippen LogP contribution in [0.5, 0.6) is 0 Å². The molecule has 0 bridgehead atoms. The van der Waals surface area contributed by atoms with Gasteiger partial charge in [0.2, 0.25) is 0 Å². The van der Waals surface area contributed by atoms with Gasteiger partial charge in [0.25, 0.3) is 0 Å². The second-order valence-electron chi connectivity index (χ2n) is 5.96. The Bertz CT molecular complexity index is 413. The maximum absolute atomic E-state index is 8.60. The van der Waals surface area contributed by atoms with E-state index in [9.17, 15) is 0 Å². The van der Waals surface area contributed by atoms with Crippen LogP contribution in [0.4, 0.5) is 0 Å². The molecule has 0 amide bonds. The predicted octanol–water partition coefficient (Wildman–Crippen LogP) is 3.48. The summed E-state index contributed by atoms with van der Waals surface area (Å²) in [5.41, 5.74) is 7.48. The number of nitrogens with two attached hydrogens (primary N) is 1. The van der Waals surface area contributed by atoms with E-state index in [2.05, 4.69) is 24.3 Å². The molecule has 0 fully saturated rings. The molecule has 0 aliphatic heterocycles. The van der Waals surface area contributed by atoms with E-state index < -0.39 is 0 Å². The van der Waals surface area contributed by atoms with Gasteiger partial charge in [0, 0.05) is 12.1 Å². The van der Waals surface area contributed by atoms with Crippen LogP contribution in [0.25, 0.3) is 0 Å². The van der Waals surface area contributed by atoms with Crippen LogP contribution in [-0.2, 0) is 6.54 Å². The Hall–Kier alpha value is -1.55. The topological polar surface area (TPSA) is 70.6 Å². The molecule has 0 radical (unpaired) electrons. The van der Waals surface area contributed by atoms with Crippen LogP contribution in [0, 0.1) is 5.92 Å². The molecule has 0 aliphatic carbocycles. The Morgan fingerprint density at radius 2 is 1.81 bits per heavy atom. The van der Waals surface area contributed by atoms with Gasteiger partial charge in [0.15, 0.2) is 5.84 Å². The van der Waals surface area contributed by atoms with Crippen LogP contribution in [0.1, 0.15) is 57.1 Å². The number of rotatable bonds is 10. The zero-order chi connectivity index (χ0) is 15.5. The molecule has 0 unspecified atom stereocenters. The first-order valence-corrected chi connectivity index (χ1v) is 7.91. The van der Waals surface area contributed by atoms with Crippen molar-refractivity contribution in [1.29, 1.82) is 0 Å². The van der Waals surface area contributed by atoms with Crippen LogP contribution in [0.2, 0.25) is 0 Å². The smallest absolute Gasteiger partial charge is 0.170 e. The molecule has 21 heavy (non-hydrogen) atoms. The Kier molecular flexibility index (Phi) is 8.51. The number of oxime groups is 1. The molecule has 0 saturated carbocycles. The monoisotopic (exact) mass is 291 g/mol. The summed E-state index contributed by atoms with van der Waals surface area (Å²) in [6.07, 6.45) is 6.59. The highest BCUT2D eigenvalue weighted by atomic mass is 16.4. The summed E-state index contributed by atoms with van der Waals surface area (Å²) in [6.45, 7) is 6.49. The SMILES string of the molecule is CC(C)CCCCCCNCc1ccc(/C(N)=N/O)cc1. The maximum atomic E-state index is 8.60. The van der Waals surface area contributed by atoms with Crippen molar-refractivity contribution in [2.75, 3.05) is 6.54 Å². The highest BCUT2D eigenvalue weighted by molar-refractivity contribution is 5.96. The minimum absolute atomic E-state index is 0.149. The Morgan fingerprint density at radius 1 is 1.14 bits per heavy atom. The minimum Gasteiger partial charge on any atom is -0.409 e. The first-order chi connectivity index (χ1) is 10.1. The number of unbranched alkanes of at least 4 members (excludes halogenated alkanes) is 3. The van der Waals surface area contributed by atoms with E-state index in [0.717, 1.165) is 24.6 Å². The summed E-state index contributed by atoms with van der Waals surface area (Å²) in [5.74, 6) is 0.979. The molecule has 118 valence electrons. The number of nitrogens with zero attached hydrogens (tertiary/aromatic N) is 1. The highest BCUT2D eigenvalue weighted by Gasteiger charge is 1.99. The number of benzene rings is 1. The summed E-state index contributed by atoms with van der Waals surface area (Å²) in [6, 6.07) is 7.75. The highest BCUT2D eigenvalue weighted by Crippen LogP contribution is 2.09. The van der Waals surface area contributed by atoms with Crippen molar-refractivity contribution in [2.45, 2.75) is 52.5 Å². The second kappa shape index (κ2) is 10.2. The van der Waals surface area contributed by atoms with Crippen LogP contribution in [-0.4, -0.2) is 17.6 Å². The van der Waals surface area contributed by atoms with Crippen LogP contribution >= 0.6 is 0 Å². The Morgan fingerprint density at radius 3 is 2.43 bits per heavy atom. The van der Waals surface area contributed by atoms with Gasteiger partial charge in [-0.15, -0.1) is 0 Å². The summed E-state index contributed by atoms with van der Waals surface area (Å²) < 4.78 is 0. The molecular weight excluding hydrogens is 262 g/mol. The molecule has 0 saturated heterocycles. The molecule has 0 heterocycles. The lowest BCUT2D eigenvalue weighted by atomic mass is 10.0. The largest absolute Gasteiger partial charge is 0.409 e. The number of hydrogen-bond donors (Lipinski definition) is 3. The zero-order valence-electron chi connectivity index (χ0n) is 13.3. The quantitative estimate of drug-likeness (QED) is 0.203. The molecule has 0 aromatic heterocycles. The van der Waals surface area contributed by atoms with Crippen molar-refractivity contribution in [2.24, 2.45) is 16.8 Å². The van der Waals surface area contributed by atoms with Gasteiger partial charge in [-0.2, -0.15) is 0 Å². The normalized spacial score (nSPS) is 12.0. The van der Waals surface area contributed by atoms with Crippen molar-refractivity contribution in [3.8, 4) is 0 Å². The van der Waals surface area contributed by atoms with E-state index in [1.54, 1.807) is 0 Å². The van der Waals surface area contributed by atoms with Crippen LogP contribution in [0.15, 0.2) is 29.4 Å². The van der Waals surface area contributed by atoms with Crippen LogP contribution < -0.4 is 11.1 Å². The van der Waals surface area contributed by atoms with E-state index in [0.29, 0.717) is 0 Å². The minimum atomic E-state index is 0.149. The van der Waals surface area contributed by atoms with Crippen molar-refractivity contribution in [3.05, 3.63) is 35.4 Å². The van der Waals surface area contributed by atoms with Crippen molar-refractivity contribution >= 4 is 5.84 Å². The van der Waals surface area contributed by atoms with Gasteiger partial charge in [0.1, 0.15) is 0 Å². The molecule has 1 rings (SSSR count). The summed E-state index contributed by atoms with van der Waals surface area (Å²) >= 11 is 0.